The molecule has 76 valence electrons. The zero-order valence-electron chi connectivity index (χ0n) is 7.87. The van der Waals surface area contributed by atoms with Crippen LogP contribution in [0.3, 0.4) is 0 Å². The van der Waals surface area contributed by atoms with Crippen LogP contribution >= 0.6 is 0 Å². The van der Waals surface area contributed by atoms with Crippen molar-refractivity contribution < 1.29 is 9.53 Å². The number of carbonyl (C=O) groups is 1. The van der Waals surface area contributed by atoms with E-state index in [9.17, 15) is 4.79 Å². The molecule has 1 rings (SSSR count). The highest BCUT2D eigenvalue weighted by atomic mass is 16.5. The van der Waals surface area contributed by atoms with Crippen molar-refractivity contribution in [2.24, 2.45) is 17.4 Å². The summed E-state index contributed by atoms with van der Waals surface area (Å²) in [6, 6.07) is 0.194. The van der Waals surface area contributed by atoms with Gasteiger partial charge in [-0.3, -0.25) is 4.79 Å². The Morgan fingerprint density at radius 1 is 1.38 bits per heavy atom. The standard InChI is InChI=1S/C9H18N2O2/c10-5-9(12)13-6-7-3-1-2-4-8(7)11/h7-8H,1-6,10-11H2/t7-,8-/m0/s1. The number of hydrogen-bond donors (Lipinski definition) is 2. The quantitative estimate of drug-likeness (QED) is 0.608. The Labute approximate surface area is 78.6 Å². The Morgan fingerprint density at radius 3 is 2.69 bits per heavy atom. The number of rotatable bonds is 3. The minimum atomic E-state index is -0.335. The van der Waals surface area contributed by atoms with E-state index in [0.29, 0.717) is 12.5 Å². The second kappa shape index (κ2) is 5.19. The minimum Gasteiger partial charge on any atom is -0.464 e. The van der Waals surface area contributed by atoms with E-state index in [1.165, 1.54) is 12.8 Å². The van der Waals surface area contributed by atoms with Crippen molar-refractivity contribution in [3.05, 3.63) is 0 Å². The smallest absolute Gasteiger partial charge is 0.319 e. The number of nitrogens with two attached hydrogens (primary N) is 2. The first kappa shape index (κ1) is 10.5. The molecule has 0 amide bonds. The second-order valence-electron chi connectivity index (χ2n) is 3.60. The van der Waals surface area contributed by atoms with Crippen molar-refractivity contribution in [1.29, 1.82) is 0 Å². The van der Waals surface area contributed by atoms with Crippen molar-refractivity contribution in [3.8, 4) is 0 Å². The van der Waals surface area contributed by atoms with Gasteiger partial charge in [0.2, 0.25) is 0 Å². The number of carbonyl (C=O) groups excluding carboxylic acids is 1. The molecule has 1 aliphatic rings. The van der Waals surface area contributed by atoms with Crippen LogP contribution in [0.1, 0.15) is 25.7 Å². The third-order valence-corrected chi connectivity index (χ3v) is 2.59. The van der Waals surface area contributed by atoms with Crippen LogP contribution in [0.2, 0.25) is 0 Å². The molecule has 0 aromatic rings. The van der Waals surface area contributed by atoms with Gasteiger partial charge in [0.1, 0.15) is 0 Å². The van der Waals surface area contributed by atoms with Gasteiger partial charge in [-0.15, -0.1) is 0 Å². The van der Waals surface area contributed by atoms with Gasteiger partial charge in [-0.25, -0.2) is 0 Å². The Balaban J connectivity index is 2.22. The van der Waals surface area contributed by atoms with Crippen LogP contribution in [0.4, 0.5) is 0 Å². The number of ether oxygens (including phenoxy) is 1. The molecule has 0 aromatic carbocycles. The van der Waals surface area contributed by atoms with Gasteiger partial charge in [-0.2, -0.15) is 0 Å². The Hall–Kier alpha value is -0.610. The number of esters is 1. The number of hydrogen-bond acceptors (Lipinski definition) is 4. The van der Waals surface area contributed by atoms with E-state index in [2.05, 4.69) is 0 Å². The molecule has 0 radical (unpaired) electrons. The summed E-state index contributed by atoms with van der Waals surface area (Å²) in [5.41, 5.74) is 11.0. The fourth-order valence-electron chi connectivity index (χ4n) is 1.70. The topological polar surface area (TPSA) is 78.3 Å². The van der Waals surface area contributed by atoms with E-state index < -0.39 is 0 Å². The molecule has 13 heavy (non-hydrogen) atoms. The molecular weight excluding hydrogens is 168 g/mol. The third kappa shape index (κ3) is 3.32. The summed E-state index contributed by atoms with van der Waals surface area (Å²) in [6.45, 7) is 0.402. The van der Waals surface area contributed by atoms with Crippen molar-refractivity contribution in [2.75, 3.05) is 13.2 Å². The zero-order chi connectivity index (χ0) is 9.68. The summed E-state index contributed by atoms with van der Waals surface area (Å²) < 4.78 is 4.96. The SMILES string of the molecule is NCC(=O)OC[C@@H]1CCCC[C@@H]1N. The molecule has 0 bridgehead atoms. The molecule has 2 atom stereocenters. The minimum absolute atomic E-state index is 0.0397. The van der Waals surface area contributed by atoms with Crippen LogP contribution in [0, 0.1) is 5.92 Å². The van der Waals surface area contributed by atoms with E-state index in [1.807, 2.05) is 0 Å². The molecular formula is C9H18N2O2. The van der Waals surface area contributed by atoms with E-state index in [-0.39, 0.29) is 18.6 Å². The van der Waals surface area contributed by atoms with Gasteiger partial charge in [0.05, 0.1) is 13.2 Å². The monoisotopic (exact) mass is 186 g/mol. The second-order valence-corrected chi connectivity index (χ2v) is 3.60. The molecule has 0 saturated heterocycles. The molecule has 4 nitrogen and oxygen atoms in total. The normalized spacial score (nSPS) is 28.5. The molecule has 0 aromatic heterocycles. The highest BCUT2D eigenvalue weighted by Gasteiger charge is 2.22. The maximum Gasteiger partial charge on any atom is 0.319 e. The average Bonchev–Trinajstić information content (AvgIpc) is 2.16. The molecule has 0 spiro atoms. The molecule has 0 aliphatic heterocycles. The van der Waals surface area contributed by atoms with Crippen molar-refractivity contribution in [2.45, 2.75) is 31.7 Å². The van der Waals surface area contributed by atoms with Crippen molar-refractivity contribution in [3.63, 3.8) is 0 Å². The van der Waals surface area contributed by atoms with Gasteiger partial charge in [0, 0.05) is 12.0 Å². The van der Waals surface area contributed by atoms with Crippen LogP contribution in [0.25, 0.3) is 0 Å². The summed E-state index contributed by atoms with van der Waals surface area (Å²) in [5, 5.41) is 0. The summed E-state index contributed by atoms with van der Waals surface area (Å²) in [5.74, 6) is 0.00187. The van der Waals surface area contributed by atoms with E-state index >= 15 is 0 Å². The summed E-state index contributed by atoms with van der Waals surface area (Å²) in [7, 11) is 0. The predicted molar refractivity (Wildman–Crippen MR) is 49.9 cm³/mol. The maximum atomic E-state index is 10.8. The lowest BCUT2D eigenvalue weighted by Crippen LogP contribution is -2.36. The van der Waals surface area contributed by atoms with Crippen molar-refractivity contribution >= 4 is 5.97 Å². The largest absolute Gasteiger partial charge is 0.464 e. The molecule has 0 unspecified atom stereocenters. The van der Waals surface area contributed by atoms with Gasteiger partial charge >= 0.3 is 5.97 Å². The lowest BCUT2D eigenvalue weighted by Gasteiger charge is -2.27. The van der Waals surface area contributed by atoms with E-state index in [4.69, 9.17) is 16.2 Å². The van der Waals surface area contributed by atoms with Gasteiger partial charge in [0.15, 0.2) is 0 Å². The molecule has 1 saturated carbocycles. The Kier molecular flexibility index (Phi) is 4.18. The van der Waals surface area contributed by atoms with Crippen LogP contribution in [-0.4, -0.2) is 25.2 Å². The summed E-state index contributed by atoms with van der Waals surface area (Å²) >= 11 is 0. The van der Waals surface area contributed by atoms with Crippen LogP contribution < -0.4 is 11.5 Å². The Morgan fingerprint density at radius 2 is 2.08 bits per heavy atom. The molecule has 0 heterocycles. The maximum absolute atomic E-state index is 10.8. The first-order valence-corrected chi connectivity index (χ1v) is 4.85. The fraction of sp³-hybridized carbons (Fsp3) is 0.889. The summed E-state index contributed by atoms with van der Waals surface area (Å²) in [4.78, 5) is 10.8. The summed E-state index contributed by atoms with van der Waals surface area (Å²) in [6.07, 6.45) is 4.50. The van der Waals surface area contributed by atoms with Gasteiger partial charge < -0.3 is 16.2 Å². The van der Waals surface area contributed by atoms with Crippen LogP contribution in [-0.2, 0) is 9.53 Å². The van der Waals surface area contributed by atoms with Crippen LogP contribution in [0.15, 0.2) is 0 Å². The van der Waals surface area contributed by atoms with Gasteiger partial charge in [-0.05, 0) is 12.8 Å². The highest BCUT2D eigenvalue weighted by molar-refractivity contribution is 5.71. The highest BCUT2D eigenvalue weighted by Crippen LogP contribution is 2.22. The third-order valence-electron chi connectivity index (χ3n) is 2.59. The molecule has 4 N–H and O–H groups in total. The average molecular weight is 186 g/mol. The van der Waals surface area contributed by atoms with E-state index in [0.717, 1.165) is 12.8 Å². The molecule has 4 heteroatoms. The first-order chi connectivity index (χ1) is 6.24. The lowest BCUT2D eigenvalue weighted by molar-refractivity contribution is -0.143. The van der Waals surface area contributed by atoms with Gasteiger partial charge in [-0.1, -0.05) is 12.8 Å². The van der Waals surface area contributed by atoms with Crippen molar-refractivity contribution in [1.82, 2.24) is 0 Å². The first-order valence-electron chi connectivity index (χ1n) is 4.85. The Bertz CT molecular complexity index is 173. The van der Waals surface area contributed by atoms with Gasteiger partial charge in [0.25, 0.3) is 0 Å². The molecule has 1 fully saturated rings. The zero-order valence-corrected chi connectivity index (χ0v) is 7.87. The lowest BCUT2D eigenvalue weighted by atomic mass is 9.86. The fourth-order valence-corrected chi connectivity index (χ4v) is 1.70. The predicted octanol–water partition coefficient (Wildman–Crippen LogP) is 0.00580. The van der Waals surface area contributed by atoms with Crippen LogP contribution in [0.5, 0.6) is 0 Å². The molecule has 1 aliphatic carbocycles. The van der Waals surface area contributed by atoms with E-state index in [1.54, 1.807) is 0 Å².